The lowest BCUT2D eigenvalue weighted by atomic mass is 9.78. The fourth-order valence-electron chi connectivity index (χ4n) is 3.36. The van der Waals surface area contributed by atoms with E-state index in [1.165, 1.54) is 50.5 Å². The quantitative estimate of drug-likeness (QED) is 0.812. The highest BCUT2D eigenvalue weighted by atomic mass is 16.5. The van der Waals surface area contributed by atoms with Gasteiger partial charge in [-0.2, -0.15) is 0 Å². The molecule has 2 rings (SSSR count). The molecule has 1 fully saturated rings. The van der Waals surface area contributed by atoms with Crippen molar-refractivity contribution in [3.8, 4) is 0 Å². The van der Waals surface area contributed by atoms with Gasteiger partial charge in [-0.05, 0) is 38.0 Å². The molecular weight excluding hydrogens is 236 g/mol. The van der Waals surface area contributed by atoms with E-state index < -0.39 is 0 Å². The molecule has 1 aliphatic carbocycles. The number of hydrogen-bond donors (Lipinski definition) is 1. The molecule has 1 aromatic rings. The molecule has 0 amide bonds. The highest BCUT2D eigenvalue weighted by Gasteiger charge is 2.27. The second-order valence-electron chi connectivity index (χ2n) is 6.02. The molecule has 19 heavy (non-hydrogen) atoms. The molecule has 0 atom stereocenters. The van der Waals surface area contributed by atoms with Crippen molar-refractivity contribution in [2.75, 3.05) is 5.73 Å². The SMILES string of the molecule is CCCCC1CCC(c2onc(N)c2CCC)CC1. The Kier molecular flexibility index (Phi) is 5.29. The Morgan fingerprint density at radius 2 is 1.89 bits per heavy atom. The van der Waals surface area contributed by atoms with Crippen LogP contribution in [0, 0.1) is 5.92 Å². The number of nitrogens with two attached hydrogens (primary N) is 1. The van der Waals surface area contributed by atoms with Gasteiger partial charge in [0.1, 0.15) is 5.76 Å². The van der Waals surface area contributed by atoms with Crippen LogP contribution in [0.25, 0.3) is 0 Å². The third kappa shape index (κ3) is 3.52. The van der Waals surface area contributed by atoms with Crippen molar-refractivity contribution in [3.05, 3.63) is 11.3 Å². The Bertz CT molecular complexity index is 378. The fraction of sp³-hybridized carbons (Fsp3) is 0.812. The van der Waals surface area contributed by atoms with Gasteiger partial charge in [-0.25, -0.2) is 0 Å². The first-order valence-corrected chi connectivity index (χ1v) is 8.00. The summed E-state index contributed by atoms with van der Waals surface area (Å²) in [5.74, 6) is 3.20. The maximum Gasteiger partial charge on any atom is 0.170 e. The average molecular weight is 264 g/mol. The Morgan fingerprint density at radius 3 is 2.53 bits per heavy atom. The van der Waals surface area contributed by atoms with Gasteiger partial charge < -0.3 is 10.3 Å². The molecule has 1 aliphatic rings. The summed E-state index contributed by atoms with van der Waals surface area (Å²) in [6.45, 7) is 4.46. The maximum absolute atomic E-state index is 5.92. The number of nitrogens with zero attached hydrogens (tertiary/aromatic N) is 1. The van der Waals surface area contributed by atoms with Crippen LogP contribution < -0.4 is 5.73 Å². The predicted octanol–water partition coefficient (Wildman–Crippen LogP) is 4.67. The number of hydrogen-bond acceptors (Lipinski definition) is 3. The zero-order valence-electron chi connectivity index (χ0n) is 12.5. The smallest absolute Gasteiger partial charge is 0.170 e. The normalized spacial score (nSPS) is 23.7. The first-order chi connectivity index (χ1) is 9.26. The maximum atomic E-state index is 5.92. The number of unbranched alkanes of at least 4 members (excludes halogenated alkanes) is 1. The Morgan fingerprint density at radius 1 is 1.16 bits per heavy atom. The van der Waals surface area contributed by atoms with E-state index in [1.54, 1.807) is 0 Å². The minimum atomic E-state index is 0.559. The zero-order chi connectivity index (χ0) is 13.7. The van der Waals surface area contributed by atoms with E-state index in [-0.39, 0.29) is 0 Å². The van der Waals surface area contributed by atoms with Crippen molar-refractivity contribution in [1.82, 2.24) is 5.16 Å². The lowest BCUT2D eigenvalue weighted by Crippen LogP contribution is -2.14. The van der Waals surface area contributed by atoms with Crippen LogP contribution in [0.2, 0.25) is 0 Å². The lowest BCUT2D eigenvalue weighted by Gasteiger charge is -2.27. The van der Waals surface area contributed by atoms with E-state index in [1.807, 2.05) is 0 Å². The molecule has 1 aromatic heterocycles. The Balaban J connectivity index is 1.94. The average Bonchev–Trinajstić information content (AvgIpc) is 2.79. The van der Waals surface area contributed by atoms with Gasteiger partial charge in [0.05, 0.1) is 0 Å². The third-order valence-corrected chi connectivity index (χ3v) is 4.53. The van der Waals surface area contributed by atoms with Crippen LogP contribution in [-0.4, -0.2) is 5.16 Å². The molecule has 108 valence electrons. The van der Waals surface area contributed by atoms with Gasteiger partial charge in [0.25, 0.3) is 0 Å². The summed E-state index contributed by atoms with van der Waals surface area (Å²) in [7, 11) is 0. The number of nitrogen functional groups attached to an aromatic ring is 1. The molecular formula is C16H28N2O. The van der Waals surface area contributed by atoms with Crippen molar-refractivity contribution >= 4 is 5.82 Å². The summed E-state index contributed by atoms with van der Waals surface area (Å²) in [5, 5.41) is 3.98. The molecule has 2 N–H and O–H groups in total. The number of rotatable bonds is 6. The van der Waals surface area contributed by atoms with Gasteiger partial charge in [-0.1, -0.05) is 44.7 Å². The summed E-state index contributed by atoms with van der Waals surface area (Å²) in [6.07, 6.45) is 11.4. The van der Waals surface area contributed by atoms with Gasteiger partial charge >= 0.3 is 0 Å². The van der Waals surface area contributed by atoms with Crippen LogP contribution in [-0.2, 0) is 6.42 Å². The zero-order valence-corrected chi connectivity index (χ0v) is 12.5. The van der Waals surface area contributed by atoms with Crippen molar-refractivity contribution in [2.45, 2.75) is 77.6 Å². The van der Waals surface area contributed by atoms with Crippen LogP contribution in [0.15, 0.2) is 4.52 Å². The van der Waals surface area contributed by atoms with Crippen molar-refractivity contribution in [2.24, 2.45) is 5.92 Å². The van der Waals surface area contributed by atoms with Crippen molar-refractivity contribution in [1.29, 1.82) is 0 Å². The molecule has 0 bridgehead atoms. The summed E-state index contributed by atoms with van der Waals surface area (Å²) in [5.41, 5.74) is 7.10. The summed E-state index contributed by atoms with van der Waals surface area (Å²) in [6, 6.07) is 0. The first-order valence-electron chi connectivity index (χ1n) is 8.00. The van der Waals surface area contributed by atoms with Gasteiger partial charge in [-0.3, -0.25) is 0 Å². The number of anilines is 1. The van der Waals surface area contributed by atoms with E-state index >= 15 is 0 Å². The second kappa shape index (κ2) is 6.97. The van der Waals surface area contributed by atoms with Crippen molar-refractivity contribution in [3.63, 3.8) is 0 Å². The topological polar surface area (TPSA) is 52.0 Å². The summed E-state index contributed by atoms with van der Waals surface area (Å²) >= 11 is 0. The van der Waals surface area contributed by atoms with Gasteiger partial charge in [0.15, 0.2) is 5.82 Å². The van der Waals surface area contributed by atoms with E-state index in [2.05, 4.69) is 19.0 Å². The molecule has 0 radical (unpaired) electrons. The number of aromatic nitrogens is 1. The fourth-order valence-corrected chi connectivity index (χ4v) is 3.36. The molecule has 1 heterocycles. The molecule has 0 unspecified atom stereocenters. The van der Waals surface area contributed by atoms with Crippen LogP contribution in [0.3, 0.4) is 0 Å². The minimum absolute atomic E-state index is 0.559. The highest BCUT2D eigenvalue weighted by molar-refractivity contribution is 5.41. The first kappa shape index (κ1) is 14.4. The standard InChI is InChI=1S/C16H28N2O/c1-3-5-7-12-8-10-13(11-9-12)15-14(6-4-2)16(17)18-19-15/h12-13H,3-11H2,1-2H3,(H2,17,18). The van der Waals surface area contributed by atoms with Gasteiger partial charge in [-0.15, -0.1) is 0 Å². The van der Waals surface area contributed by atoms with Gasteiger partial charge in [0, 0.05) is 11.5 Å². The molecule has 0 aromatic carbocycles. The van der Waals surface area contributed by atoms with Gasteiger partial charge in [0.2, 0.25) is 0 Å². The largest absolute Gasteiger partial charge is 0.381 e. The van der Waals surface area contributed by atoms with Crippen LogP contribution in [0.4, 0.5) is 5.82 Å². The van der Waals surface area contributed by atoms with E-state index in [9.17, 15) is 0 Å². The Labute approximate surface area is 116 Å². The van der Waals surface area contributed by atoms with Crippen LogP contribution >= 0.6 is 0 Å². The molecule has 1 saturated carbocycles. The molecule has 0 saturated heterocycles. The highest BCUT2D eigenvalue weighted by Crippen LogP contribution is 2.40. The molecule has 3 heteroatoms. The van der Waals surface area contributed by atoms with Crippen LogP contribution in [0.5, 0.6) is 0 Å². The van der Waals surface area contributed by atoms with Crippen LogP contribution in [0.1, 0.15) is 82.5 Å². The van der Waals surface area contributed by atoms with E-state index in [4.69, 9.17) is 10.3 Å². The second-order valence-corrected chi connectivity index (χ2v) is 6.02. The monoisotopic (exact) mass is 264 g/mol. The lowest BCUT2D eigenvalue weighted by molar-refractivity contribution is 0.264. The molecule has 0 aliphatic heterocycles. The predicted molar refractivity (Wildman–Crippen MR) is 79.1 cm³/mol. The van der Waals surface area contributed by atoms with Crippen molar-refractivity contribution < 1.29 is 4.52 Å². The van der Waals surface area contributed by atoms with E-state index in [0.717, 1.165) is 24.5 Å². The van der Waals surface area contributed by atoms with E-state index in [0.29, 0.717) is 11.7 Å². The summed E-state index contributed by atoms with van der Waals surface area (Å²) < 4.78 is 5.53. The minimum Gasteiger partial charge on any atom is -0.381 e. The third-order valence-electron chi connectivity index (χ3n) is 4.53. The molecule has 3 nitrogen and oxygen atoms in total. The molecule has 0 spiro atoms. The Hall–Kier alpha value is -0.990. The summed E-state index contributed by atoms with van der Waals surface area (Å²) in [4.78, 5) is 0.